The average Bonchev–Trinajstić information content (AvgIpc) is 2.99. The van der Waals surface area contributed by atoms with E-state index in [0.29, 0.717) is 18.8 Å². The van der Waals surface area contributed by atoms with Crippen LogP contribution < -0.4 is 5.56 Å². The molecule has 3 nitrogen and oxygen atoms in total. The van der Waals surface area contributed by atoms with Crippen molar-refractivity contribution in [2.45, 2.75) is 19.1 Å². The molecule has 0 fully saturated rings. The van der Waals surface area contributed by atoms with Crippen molar-refractivity contribution in [3.8, 4) is 0 Å². The van der Waals surface area contributed by atoms with Crippen molar-refractivity contribution in [3.63, 3.8) is 0 Å². The van der Waals surface area contributed by atoms with Gasteiger partial charge in [-0.15, -0.1) is 0 Å². The lowest BCUT2D eigenvalue weighted by Gasteiger charge is -2.09. The Kier molecular flexibility index (Phi) is 3.68. The summed E-state index contributed by atoms with van der Waals surface area (Å²) in [6.45, 7) is 0.408. The Morgan fingerprint density at radius 2 is 1.81 bits per heavy atom. The van der Waals surface area contributed by atoms with Gasteiger partial charge in [0.2, 0.25) is 0 Å². The topological polar surface area (TPSA) is 34.9 Å². The number of benzene rings is 2. The molecule has 0 bridgehead atoms. The van der Waals surface area contributed by atoms with E-state index in [1.54, 1.807) is 18.2 Å². The summed E-state index contributed by atoms with van der Waals surface area (Å²) in [6, 6.07) is 8.77. The Labute approximate surface area is 145 Å². The molecular weight excluding hydrogens is 348 g/mol. The first kappa shape index (κ1) is 16.5. The van der Waals surface area contributed by atoms with Crippen LogP contribution in [-0.4, -0.2) is 9.55 Å². The van der Waals surface area contributed by atoms with Gasteiger partial charge in [-0.1, -0.05) is 12.1 Å². The smallest absolute Gasteiger partial charge is 0.292 e. The zero-order valence-corrected chi connectivity index (χ0v) is 13.3. The van der Waals surface area contributed by atoms with Crippen LogP contribution in [0, 0.1) is 5.82 Å². The number of aromatic nitrogens is 2. The van der Waals surface area contributed by atoms with Gasteiger partial charge < -0.3 is 0 Å². The lowest BCUT2D eigenvalue weighted by molar-refractivity contribution is -0.137. The highest BCUT2D eigenvalue weighted by Crippen LogP contribution is 2.32. The molecule has 0 radical (unpaired) electrons. The molecule has 0 unspecified atom stereocenters. The zero-order chi connectivity index (χ0) is 18.5. The van der Waals surface area contributed by atoms with Crippen molar-refractivity contribution in [2.24, 2.45) is 0 Å². The Bertz CT molecular complexity index is 1100. The highest BCUT2D eigenvalue weighted by atomic mass is 19.4. The van der Waals surface area contributed by atoms with E-state index in [4.69, 9.17) is 0 Å². The molecule has 1 aromatic heterocycles. The largest absolute Gasteiger partial charge is 0.416 e. The van der Waals surface area contributed by atoms with E-state index in [9.17, 15) is 22.4 Å². The van der Waals surface area contributed by atoms with Crippen molar-refractivity contribution in [1.29, 1.82) is 0 Å². The van der Waals surface area contributed by atoms with Crippen LogP contribution in [0.5, 0.6) is 0 Å². The maximum atomic E-state index is 13.0. The fourth-order valence-corrected chi connectivity index (χ4v) is 3.09. The second kappa shape index (κ2) is 5.79. The van der Waals surface area contributed by atoms with Crippen LogP contribution in [0.1, 0.15) is 23.4 Å². The number of halogens is 4. The van der Waals surface area contributed by atoms with Crippen molar-refractivity contribution < 1.29 is 17.6 Å². The maximum absolute atomic E-state index is 13.0. The number of allylic oxidation sites excluding steroid dienone is 1. The molecule has 26 heavy (non-hydrogen) atoms. The third kappa shape index (κ3) is 2.79. The van der Waals surface area contributed by atoms with Crippen LogP contribution in [0.4, 0.5) is 17.6 Å². The normalized spacial score (nSPS) is 15.6. The van der Waals surface area contributed by atoms with E-state index in [2.05, 4.69) is 4.98 Å². The molecule has 1 aliphatic rings. The van der Waals surface area contributed by atoms with Gasteiger partial charge in [0.1, 0.15) is 11.6 Å². The van der Waals surface area contributed by atoms with Crippen molar-refractivity contribution in [3.05, 3.63) is 75.6 Å². The Morgan fingerprint density at radius 3 is 2.50 bits per heavy atom. The number of fused-ring (bicyclic) bond motifs is 2. The molecule has 0 saturated heterocycles. The van der Waals surface area contributed by atoms with E-state index in [0.717, 1.165) is 23.3 Å². The number of nitrogens with zero attached hydrogens (tertiary/aromatic N) is 2. The lowest BCUT2D eigenvalue weighted by atomic mass is 10.1. The number of alkyl halides is 3. The number of hydrogen-bond acceptors (Lipinski definition) is 2. The van der Waals surface area contributed by atoms with Crippen LogP contribution in [0.2, 0.25) is 0 Å². The maximum Gasteiger partial charge on any atom is 0.416 e. The molecule has 0 amide bonds. The van der Waals surface area contributed by atoms with E-state index in [1.165, 1.54) is 22.8 Å². The van der Waals surface area contributed by atoms with Gasteiger partial charge in [-0.05, 0) is 54.0 Å². The van der Waals surface area contributed by atoms with E-state index < -0.39 is 11.7 Å². The molecule has 132 valence electrons. The molecule has 2 aromatic carbocycles. The quantitative estimate of drug-likeness (QED) is 0.599. The van der Waals surface area contributed by atoms with Crippen LogP contribution >= 0.6 is 0 Å². The summed E-state index contributed by atoms with van der Waals surface area (Å²) in [5.74, 6) is -0.00913. The summed E-state index contributed by atoms with van der Waals surface area (Å²) in [7, 11) is 0. The van der Waals surface area contributed by atoms with Crippen LogP contribution in [0.15, 0.2) is 47.3 Å². The average molecular weight is 360 g/mol. The van der Waals surface area contributed by atoms with E-state index in [1.807, 2.05) is 0 Å². The standard InChI is InChI=1S/C19H12F4N2O/c20-14-4-1-11(2-5-14)9-12-7-8-25-17(12)24-16-10-13(19(21,22)23)3-6-15(16)18(25)26/h1-6,9-10H,7-8H2/b12-9+. The van der Waals surface area contributed by atoms with Gasteiger partial charge in [0.05, 0.1) is 16.5 Å². The molecule has 0 N–H and O–H groups in total. The summed E-state index contributed by atoms with van der Waals surface area (Å²) in [6.07, 6.45) is -2.20. The van der Waals surface area contributed by atoms with Gasteiger partial charge in [-0.25, -0.2) is 9.37 Å². The number of rotatable bonds is 1. The highest BCUT2D eigenvalue weighted by Gasteiger charge is 2.31. The molecule has 3 aromatic rings. The summed E-state index contributed by atoms with van der Waals surface area (Å²) < 4.78 is 53.3. The second-order valence-electron chi connectivity index (χ2n) is 6.09. The summed E-state index contributed by atoms with van der Waals surface area (Å²) >= 11 is 0. The monoisotopic (exact) mass is 360 g/mol. The Hall–Kier alpha value is -2.96. The fraction of sp³-hybridized carbons (Fsp3) is 0.158. The van der Waals surface area contributed by atoms with Crippen LogP contribution in [0.3, 0.4) is 0 Å². The molecule has 0 spiro atoms. The highest BCUT2D eigenvalue weighted by molar-refractivity contribution is 5.85. The molecule has 0 saturated carbocycles. The molecule has 0 atom stereocenters. The summed E-state index contributed by atoms with van der Waals surface area (Å²) in [5, 5.41) is 0.157. The van der Waals surface area contributed by atoms with E-state index in [-0.39, 0.29) is 22.3 Å². The minimum atomic E-state index is -4.50. The van der Waals surface area contributed by atoms with Crippen molar-refractivity contribution >= 4 is 22.6 Å². The van der Waals surface area contributed by atoms with Crippen molar-refractivity contribution in [2.75, 3.05) is 0 Å². The first-order valence-electron chi connectivity index (χ1n) is 7.91. The molecule has 1 aliphatic heterocycles. The Balaban J connectivity index is 1.87. The molecule has 2 heterocycles. The molecular formula is C19H12F4N2O. The Morgan fingerprint density at radius 1 is 1.08 bits per heavy atom. The van der Waals surface area contributed by atoms with Gasteiger partial charge >= 0.3 is 6.18 Å². The molecule has 0 aliphatic carbocycles. The second-order valence-corrected chi connectivity index (χ2v) is 6.09. The van der Waals surface area contributed by atoms with Gasteiger partial charge in [0.25, 0.3) is 5.56 Å². The lowest BCUT2D eigenvalue weighted by Crippen LogP contribution is -2.21. The third-order valence-corrected chi connectivity index (χ3v) is 4.39. The van der Waals surface area contributed by atoms with Crippen LogP contribution in [-0.2, 0) is 12.7 Å². The van der Waals surface area contributed by atoms with Gasteiger partial charge in [-0.2, -0.15) is 13.2 Å². The predicted molar refractivity (Wildman–Crippen MR) is 89.9 cm³/mol. The van der Waals surface area contributed by atoms with Gasteiger partial charge in [-0.3, -0.25) is 9.36 Å². The molecule has 4 rings (SSSR count). The number of hydrogen-bond donors (Lipinski definition) is 0. The summed E-state index contributed by atoms with van der Waals surface area (Å²) in [5.41, 5.74) is 0.273. The summed E-state index contributed by atoms with van der Waals surface area (Å²) in [4.78, 5) is 16.9. The SMILES string of the molecule is O=c1c2ccc(C(F)(F)F)cc2nc2n1CC/C2=C\c1ccc(F)cc1. The predicted octanol–water partition coefficient (Wildman–Crippen LogP) is 4.50. The molecule has 7 heteroatoms. The minimum absolute atomic E-state index is 0.0166. The van der Waals surface area contributed by atoms with Crippen molar-refractivity contribution in [1.82, 2.24) is 9.55 Å². The third-order valence-electron chi connectivity index (χ3n) is 4.39. The fourth-order valence-electron chi connectivity index (χ4n) is 3.09. The first-order valence-corrected chi connectivity index (χ1v) is 7.91. The minimum Gasteiger partial charge on any atom is -0.292 e. The first-order chi connectivity index (χ1) is 12.3. The van der Waals surface area contributed by atoms with Gasteiger partial charge in [0.15, 0.2) is 0 Å². The van der Waals surface area contributed by atoms with Gasteiger partial charge in [0, 0.05) is 6.54 Å². The van der Waals surface area contributed by atoms with E-state index >= 15 is 0 Å². The van der Waals surface area contributed by atoms with Crippen LogP contribution in [0.25, 0.3) is 22.6 Å². The zero-order valence-electron chi connectivity index (χ0n) is 13.3.